The van der Waals surface area contributed by atoms with Gasteiger partial charge in [-0.15, -0.1) is 0 Å². The Labute approximate surface area is 683 Å². The van der Waals surface area contributed by atoms with E-state index in [2.05, 4.69) is 100 Å². The van der Waals surface area contributed by atoms with E-state index in [4.69, 9.17) is 0 Å². The summed E-state index contributed by atoms with van der Waals surface area (Å²) in [5, 5.41) is 84.2. The Balaban J connectivity index is 0.000000157. The fourth-order valence-electron chi connectivity index (χ4n) is 10.3. The molecular weight excluding hydrogens is 1680 g/mol. The summed E-state index contributed by atoms with van der Waals surface area (Å²) in [6, 6.07) is 53.1. The number of pyridine rings is 4. The molecular formula is C71H48F3N26O5Zn5+5. The molecule has 39 heteroatoms. The molecule has 3 aromatic carbocycles. The van der Waals surface area contributed by atoms with Gasteiger partial charge in [-0.05, 0) is 82.3 Å². The maximum Gasteiger partial charge on any atom is 2.00 e. The second-order valence-electron chi connectivity index (χ2n) is 22.7. The van der Waals surface area contributed by atoms with E-state index in [0.29, 0.717) is 96.3 Å². The first-order valence-corrected chi connectivity index (χ1v) is 31.5. The smallest absolute Gasteiger partial charge is 0.844 e. The van der Waals surface area contributed by atoms with E-state index < -0.39 is 41.9 Å². The van der Waals surface area contributed by atoms with E-state index >= 15 is 0 Å². The van der Waals surface area contributed by atoms with Crippen LogP contribution >= 0.6 is 0 Å². The first kappa shape index (κ1) is 82.2. The van der Waals surface area contributed by atoms with Crippen LogP contribution in [0.3, 0.4) is 0 Å². The Morgan fingerprint density at radius 1 is 0.318 bits per heavy atom. The van der Waals surface area contributed by atoms with Gasteiger partial charge in [-0.1, -0.05) is 115 Å². The number of fused-ring (bicyclic) bond motifs is 5. The molecule has 0 aliphatic heterocycles. The summed E-state index contributed by atoms with van der Waals surface area (Å²) < 4.78 is 44.7. The van der Waals surface area contributed by atoms with Crippen molar-refractivity contribution in [3.05, 3.63) is 247 Å². The van der Waals surface area contributed by atoms with Gasteiger partial charge in [0.2, 0.25) is 0 Å². The van der Waals surface area contributed by atoms with Crippen molar-refractivity contribution in [1.82, 2.24) is 128 Å². The molecule has 15 heterocycles. The number of aryl methyl sites for hydroxylation is 4. The van der Waals surface area contributed by atoms with Crippen LogP contribution < -0.4 is 25.5 Å². The van der Waals surface area contributed by atoms with E-state index in [1.54, 1.807) is 109 Å². The minimum atomic E-state index is -4.65. The van der Waals surface area contributed by atoms with E-state index in [9.17, 15) is 38.7 Å². The van der Waals surface area contributed by atoms with Crippen molar-refractivity contribution in [2.75, 3.05) is 0 Å². The number of hydrogen-bond donors (Lipinski definition) is 0. The number of rotatable bonds is 8. The first-order valence-electron chi connectivity index (χ1n) is 31.5. The van der Waals surface area contributed by atoms with Gasteiger partial charge in [0.05, 0.1) is 59.0 Å². The summed E-state index contributed by atoms with van der Waals surface area (Å²) in [6.45, 7) is 7.68. The first-order chi connectivity index (χ1) is 50.8. The summed E-state index contributed by atoms with van der Waals surface area (Å²) >= 11 is 0. The third kappa shape index (κ3) is 18.5. The van der Waals surface area contributed by atoms with Gasteiger partial charge in [-0.3, -0.25) is 19.9 Å². The zero-order valence-electron chi connectivity index (χ0n) is 58.6. The maximum absolute atomic E-state index is 12.5. The number of aromatic nitrogens is 26. The zero-order chi connectivity index (χ0) is 72.9. The SMILES string of the molecule is Cc1cc(C)n(-c2cnn3c([O-])nc(-c4ccccc4)nc23)n1.Cc1cc2nc(-c3ccccn3)nc([O-])n2n1.Cc1ccc(-c2cc3nc(-c4ccccn4)nc([O-])n3n2)cc1.[O-]c1nc(-c2ccccn2)nc2cc(-c3ccccc3)nn12.[O-]c1nc(-c2ccccn2)nc2cc(C(F)(F)F)nn12.[Zn+2].[Zn+2].[Zn+2].[Zn+2].[Zn+2]. The zero-order valence-corrected chi connectivity index (χ0v) is 73.5. The predicted octanol–water partition coefficient (Wildman–Crippen LogP) is 7.66. The second-order valence-corrected chi connectivity index (χ2v) is 22.7. The summed E-state index contributed by atoms with van der Waals surface area (Å²) in [5.41, 5.74) is 10.8. The van der Waals surface area contributed by atoms with Crippen molar-refractivity contribution in [2.45, 2.75) is 33.9 Å². The summed E-state index contributed by atoms with van der Waals surface area (Å²) in [4.78, 5) is 57.2. The van der Waals surface area contributed by atoms with Crippen molar-refractivity contribution in [2.24, 2.45) is 0 Å². The van der Waals surface area contributed by atoms with Gasteiger partial charge < -0.3 is 25.5 Å². The van der Waals surface area contributed by atoms with Crippen LogP contribution in [0.25, 0.3) is 114 Å². The molecule has 0 N–H and O–H groups in total. The van der Waals surface area contributed by atoms with Crippen LogP contribution in [0.15, 0.2) is 219 Å². The fraction of sp³-hybridized carbons (Fsp3) is 0.0704. The van der Waals surface area contributed by atoms with Crippen LogP contribution in [-0.4, -0.2) is 128 Å². The molecule has 0 fully saturated rings. The maximum atomic E-state index is 12.5. The number of benzene rings is 3. The molecule has 0 amide bonds. The van der Waals surface area contributed by atoms with Gasteiger partial charge in [0.1, 0.15) is 28.5 Å². The van der Waals surface area contributed by atoms with Crippen molar-refractivity contribution in [3.8, 4) is 116 Å². The van der Waals surface area contributed by atoms with Gasteiger partial charge in [0.25, 0.3) is 0 Å². The minimum absolute atomic E-state index is 0. The summed E-state index contributed by atoms with van der Waals surface area (Å²) in [5.74, 6) is 1.27. The van der Waals surface area contributed by atoms with Crippen LogP contribution in [-0.2, 0) is 104 Å². The second kappa shape index (κ2) is 35.9. The van der Waals surface area contributed by atoms with Gasteiger partial charge in [0, 0.05) is 71.4 Å². The Morgan fingerprint density at radius 2 is 0.682 bits per heavy atom. The molecule has 15 aromatic heterocycles. The van der Waals surface area contributed by atoms with Crippen LogP contribution in [0.5, 0.6) is 30.1 Å². The van der Waals surface area contributed by atoms with Gasteiger partial charge in [-0.25, -0.2) is 77.1 Å². The largest absolute Gasteiger partial charge is 2.00 e. The average Bonchev–Trinajstić information content (AvgIpc) is 1.63. The van der Waals surface area contributed by atoms with Crippen LogP contribution in [0.4, 0.5) is 13.2 Å². The predicted molar refractivity (Wildman–Crippen MR) is 361 cm³/mol. The van der Waals surface area contributed by atoms with E-state index in [1.165, 1.54) is 29.8 Å². The van der Waals surface area contributed by atoms with Crippen molar-refractivity contribution in [1.29, 1.82) is 0 Å². The monoisotopic (exact) mass is 1720 g/mol. The molecule has 0 aliphatic rings. The molecule has 0 saturated carbocycles. The molecule has 31 nitrogen and oxygen atoms in total. The molecule has 18 aromatic rings. The van der Waals surface area contributed by atoms with Crippen molar-refractivity contribution < 1.29 is 136 Å². The van der Waals surface area contributed by atoms with E-state index in [-0.39, 0.29) is 109 Å². The molecule has 0 atom stereocenters. The average molecular weight is 1730 g/mol. The van der Waals surface area contributed by atoms with Gasteiger partial charge in [0.15, 0.2) is 63.1 Å². The Bertz CT molecular complexity index is 6120. The quantitative estimate of drug-likeness (QED) is 0.132. The van der Waals surface area contributed by atoms with Crippen LogP contribution in [0, 0.1) is 27.7 Å². The Hall–Kier alpha value is -11.9. The molecule has 110 heavy (non-hydrogen) atoms. The van der Waals surface area contributed by atoms with Gasteiger partial charge >= 0.3 is 104 Å². The third-order valence-corrected chi connectivity index (χ3v) is 15.2. The topological polar surface area (TPSA) is 400 Å². The molecule has 0 unspecified atom stereocenters. The molecule has 0 saturated heterocycles. The summed E-state index contributed by atoms with van der Waals surface area (Å²) in [6.07, 6.45) is 3.31. The molecule has 0 bridgehead atoms. The standard InChI is InChI=1S/C17H13N5O.C16H14N6O.C16H11N5O.C11H6F3N5O.C11H9N5O.5Zn/c1-11-5-7-12(8-6-11)14-10-15-19-16(13-4-2-3-9-18-13)20-17(23)22(15)21-14;1-10-8-11(2)21(20-10)13-9-17-22-15(13)18-14(19-16(22)23)12-6-4-3-5-7-12;22-16-19-15(12-8-4-5-9-17-12)18-14-10-13(20-21(14)16)11-6-2-1-3-7-11;12-11(13,14)7-5-8-16-9(6-3-1-2-4-15-6)17-10(20)19(8)18-7;1-7-6-9-13-10(8-4-2-3-5-12-8)14-11(17)16(9)15-7;;;;;/h2-10H,1H3,(H,19,20,23);3-9H,1-2H3,(H,18,19,23);1-10H,(H,18,19,22);1-5H,(H,16,17,20);2-6H,1H3,(H,13,14,17);;;;;/q;;;;;5*+2/p-5. The number of alkyl halides is 3. The summed E-state index contributed by atoms with van der Waals surface area (Å²) in [7, 11) is 0. The molecule has 0 spiro atoms. The normalized spacial score (nSPS) is 10.7. The van der Waals surface area contributed by atoms with E-state index in [1.807, 2.05) is 130 Å². The molecule has 0 radical (unpaired) electrons. The Morgan fingerprint density at radius 3 is 1.09 bits per heavy atom. The van der Waals surface area contributed by atoms with Crippen LogP contribution in [0.2, 0.25) is 0 Å². The van der Waals surface area contributed by atoms with Gasteiger partial charge in [-0.2, -0.15) is 43.8 Å². The Kier molecular flexibility index (Phi) is 26.8. The molecule has 518 valence electrons. The minimum Gasteiger partial charge on any atom is -0.844 e. The van der Waals surface area contributed by atoms with E-state index in [0.717, 1.165) is 33.8 Å². The van der Waals surface area contributed by atoms with Crippen LogP contribution in [0.1, 0.15) is 28.3 Å². The molecule has 0 aliphatic carbocycles. The molecule has 18 rings (SSSR count). The fourth-order valence-corrected chi connectivity index (χ4v) is 10.3. The number of nitrogens with zero attached hydrogens (tertiary/aromatic N) is 26. The van der Waals surface area contributed by atoms with Crippen molar-refractivity contribution >= 4 is 28.2 Å². The number of halogens is 3. The number of hydrogen-bond acceptors (Lipinski definition) is 25. The third-order valence-electron chi connectivity index (χ3n) is 15.2. The van der Waals surface area contributed by atoms with Crippen molar-refractivity contribution in [3.63, 3.8) is 0 Å².